The van der Waals surface area contributed by atoms with Crippen LogP contribution in [0.5, 0.6) is 0 Å². The van der Waals surface area contributed by atoms with E-state index < -0.39 is 6.04 Å². The fourth-order valence-electron chi connectivity index (χ4n) is 2.11. The number of amides is 2. The number of furan rings is 1. The Morgan fingerprint density at radius 2 is 2.35 bits per heavy atom. The molecule has 0 aromatic carbocycles. The first-order chi connectivity index (χ1) is 9.66. The Morgan fingerprint density at radius 3 is 3.00 bits per heavy atom. The van der Waals surface area contributed by atoms with Gasteiger partial charge in [0, 0.05) is 13.2 Å². The van der Waals surface area contributed by atoms with E-state index in [1.807, 2.05) is 0 Å². The van der Waals surface area contributed by atoms with Gasteiger partial charge in [0.2, 0.25) is 5.91 Å². The van der Waals surface area contributed by atoms with Crippen molar-refractivity contribution in [2.24, 2.45) is 5.92 Å². The van der Waals surface area contributed by atoms with Crippen molar-refractivity contribution < 1.29 is 18.7 Å². The van der Waals surface area contributed by atoms with Gasteiger partial charge >= 0.3 is 0 Å². The summed E-state index contributed by atoms with van der Waals surface area (Å²) in [4.78, 5) is 23.7. The number of ether oxygens (including phenoxy) is 1. The topological polar surface area (TPSA) is 80.6 Å². The zero-order chi connectivity index (χ0) is 14.4. The highest BCUT2D eigenvalue weighted by molar-refractivity contribution is 5.97. The van der Waals surface area contributed by atoms with E-state index >= 15 is 0 Å². The molecule has 1 aromatic heterocycles. The lowest BCUT2D eigenvalue weighted by Crippen LogP contribution is -2.46. The van der Waals surface area contributed by atoms with E-state index in [0.717, 1.165) is 19.4 Å². The van der Waals surface area contributed by atoms with Gasteiger partial charge in [0.25, 0.3) is 5.91 Å². The summed E-state index contributed by atoms with van der Waals surface area (Å²) in [5, 5.41) is 5.47. The maximum Gasteiger partial charge on any atom is 0.255 e. The highest BCUT2D eigenvalue weighted by Gasteiger charge is 2.19. The highest BCUT2D eigenvalue weighted by atomic mass is 16.5. The number of rotatable bonds is 5. The van der Waals surface area contributed by atoms with Crippen LogP contribution in [-0.4, -0.2) is 37.6 Å². The molecule has 1 saturated heterocycles. The van der Waals surface area contributed by atoms with Crippen LogP contribution in [0.1, 0.15) is 30.1 Å². The zero-order valence-electron chi connectivity index (χ0n) is 11.6. The van der Waals surface area contributed by atoms with Crippen molar-refractivity contribution >= 4 is 11.8 Å². The Balaban J connectivity index is 1.72. The van der Waals surface area contributed by atoms with Gasteiger partial charge in [-0.1, -0.05) is 0 Å². The number of hydrogen-bond acceptors (Lipinski definition) is 4. The molecule has 2 N–H and O–H groups in total. The molecule has 2 rings (SSSR count). The largest absolute Gasteiger partial charge is 0.472 e. The summed E-state index contributed by atoms with van der Waals surface area (Å²) >= 11 is 0. The van der Waals surface area contributed by atoms with Gasteiger partial charge in [-0.05, 0) is 31.7 Å². The molecule has 2 amide bonds. The van der Waals surface area contributed by atoms with Gasteiger partial charge in [0.05, 0.1) is 18.4 Å². The average molecular weight is 280 g/mol. The lowest BCUT2D eigenvalue weighted by molar-refractivity contribution is -0.123. The van der Waals surface area contributed by atoms with Gasteiger partial charge < -0.3 is 19.8 Å². The third kappa shape index (κ3) is 4.09. The molecule has 6 nitrogen and oxygen atoms in total. The molecule has 0 spiro atoms. The molecule has 2 atom stereocenters. The summed E-state index contributed by atoms with van der Waals surface area (Å²) in [5.41, 5.74) is 0.408. The van der Waals surface area contributed by atoms with E-state index in [1.165, 1.54) is 12.5 Å². The minimum atomic E-state index is -0.582. The van der Waals surface area contributed by atoms with Crippen LogP contribution in [0.25, 0.3) is 0 Å². The van der Waals surface area contributed by atoms with E-state index in [2.05, 4.69) is 10.6 Å². The minimum absolute atomic E-state index is 0.188. The fourth-order valence-corrected chi connectivity index (χ4v) is 2.11. The lowest BCUT2D eigenvalue weighted by atomic mass is 10.0. The molecule has 1 aliphatic heterocycles. The first-order valence-corrected chi connectivity index (χ1v) is 6.85. The summed E-state index contributed by atoms with van der Waals surface area (Å²) in [7, 11) is 0. The van der Waals surface area contributed by atoms with Crippen molar-refractivity contribution in [3.63, 3.8) is 0 Å². The number of nitrogens with one attached hydrogen (secondary N) is 2. The van der Waals surface area contributed by atoms with E-state index in [9.17, 15) is 9.59 Å². The molecule has 6 heteroatoms. The number of carbonyl (C=O) groups excluding carboxylic acids is 2. The van der Waals surface area contributed by atoms with Gasteiger partial charge in [-0.15, -0.1) is 0 Å². The second kappa shape index (κ2) is 7.09. The third-order valence-electron chi connectivity index (χ3n) is 3.34. The van der Waals surface area contributed by atoms with Gasteiger partial charge in [0.15, 0.2) is 0 Å². The first kappa shape index (κ1) is 14.6. The molecular weight excluding hydrogens is 260 g/mol. The molecule has 1 fully saturated rings. The van der Waals surface area contributed by atoms with Gasteiger partial charge in [-0.3, -0.25) is 9.59 Å². The van der Waals surface area contributed by atoms with Crippen LogP contribution in [0.3, 0.4) is 0 Å². The smallest absolute Gasteiger partial charge is 0.255 e. The standard InChI is InChI=1S/C14H20N2O4/c1-10(16-14(18)12-4-6-20-9-12)13(17)15-7-11-3-2-5-19-8-11/h4,6,9-11H,2-3,5,7-8H2,1H3,(H,15,17)(H,16,18). The quantitative estimate of drug-likeness (QED) is 0.841. The molecular formula is C14H20N2O4. The van der Waals surface area contributed by atoms with E-state index in [0.29, 0.717) is 24.6 Å². The number of hydrogen-bond donors (Lipinski definition) is 2. The lowest BCUT2D eigenvalue weighted by Gasteiger charge is -2.23. The maximum atomic E-state index is 11.9. The monoisotopic (exact) mass is 280 g/mol. The van der Waals surface area contributed by atoms with Crippen molar-refractivity contribution in [1.82, 2.24) is 10.6 Å². The van der Waals surface area contributed by atoms with Gasteiger partial charge in [0.1, 0.15) is 12.3 Å². The summed E-state index contributed by atoms with van der Waals surface area (Å²) in [5.74, 6) is -0.140. The van der Waals surface area contributed by atoms with Crippen molar-refractivity contribution in [3.8, 4) is 0 Å². The van der Waals surface area contributed by atoms with Crippen LogP contribution in [0.2, 0.25) is 0 Å². The molecule has 2 unspecified atom stereocenters. The Labute approximate surface area is 117 Å². The predicted octanol–water partition coefficient (Wildman–Crippen LogP) is 0.941. The Kier molecular flexibility index (Phi) is 5.17. The van der Waals surface area contributed by atoms with Crippen LogP contribution >= 0.6 is 0 Å². The van der Waals surface area contributed by atoms with Crippen LogP contribution in [-0.2, 0) is 9.53 Å². The Hall–Kier alpha value is -1.82. The average Bonchev–Trinajstić information content (AvgIpc) is 3.00. The fraction of sp³-hybridized carbons (Fsp3) is 0.571. The normalized spacial score (nSPS) is 20.1. The van der Waals surface area contributed by atoms with Crippen LogP contribution in [0.15, 0.2) is 23.0 Å². The summed E-state index contributed by atoms with van der Waals surface area (Å²) in [6, 6.07) is 0.973. The van der Waals surface area contributed by atoms with Crippen LogP contribution in [0, 0.1) is 5.92 Å². The summed E-state index contributed by atoms with van der Waals surface area (Å²) in [6.07, 6.45) is 4.87. The molecule has 0 radical (unpaired) electrons. The van der Waals surface area contributed by atoms with Crippen molar-refractivity contribution in [3.05, 3.63) is 24.2 Å². The van der Waals surface area contributed by atoms with E-state index in [4.69, 9.17) is 9.15 Å². The van der Waals surface area contributed by atoms with E-state index in [-0.39, 0.29) is 11.8 Å². The number of carbonyl (C=O) groups is 2. The zero-order valence-corrected chi connectivity index (χ0v) is 11.6. The van der Waals surface area contributed by atoms with Gasteiger partial charge in [-0.25, -0.2) is 0 Å². The molecule has 20 heavy (non-hydrogen) atoms. The molecule has 0 bridgehead atoms. The summed E-state index contributed by atoms with van der Waals surface area (Å²) < 4.78 is 10.2. The van der Waals surface area contributed by atoms with Crippen molar-refractivity contribution in [1.29, 1.82) is 0 Å². The van der Waals surface area contributed by atoms with Crippen molar-refractivity contribution in [2.75, 3.05) is 19.8 Å². The van der Waals surface area contributed by atoms with Gasteiger partial charge in [-0.2, -0.15) is 0 Å². The highest BCUT2D eigenvalue weighted by Crippen LogP contribution is 2.12. The third-order valence-corrected chi connectivity index (χ3v) is 3.34. The predicted molar refractivity (Wildman–Crippen MR) is 72.2 cm³/mol. The van der Waals surface area contributed by atoms with Crippen LogP contribution < -0.4 is 10.6 Å². The van der Waals surface area contributed by atoms with Crippen LogP contribution in [0.4, 0.5) is 0 Å². The molecule has 0 aliphatic carbocycles. The van der Waals surface area contributed by atoms with E-state index in [1.54, 1.807) is 13.0 Å². The minimum Gasteiger partial charge on any atom is -0.472 e. The Bertz CT molecular complexity index is 438. The molecule has 1 aromatic rings. The molecule has 110 valence electrons. The second-order valence-electron chi connectivity index (χ2n) is 5.04. The molecule has 2 heterocycles. The molecule has 1 aliphatic rings. The Morgan fingerprint density at radius 1 is 1.50 bits per heavy atom. The molecule has 0 saturated carbocycles. The second-order valence-corrected chi connectivity index (χ2v) is 5.04. The van der Waals surface area contributed by atoms with Crippen molar-refractivity contribution in [2.45, 2.75) is 25.8 Å². The SMILES string of the molecule is CC(NC(=O)c1ccoc1)C(=O)NCC1CCCOC1. The first-order valence-electron chi connectivity index (χ1n) is 6.85. The maximum absolute atomic E-state index is 11.9. The summed E-state index contributed by atoms with van der Waals surface area (Å²) in [6.45, 7) is 3.74.